The van der Waals surface area contributed by atoms with E-state index in [1.165, 1.54) is 10.5 Å². The van der Waals surface area contributed by atoms with E-state index in [2.05, 4.69) is 0 Å². The Morgan fingerprint density at radius 2 is 1.62 bits per heavy atom. The number of carbonyl (C=O) groups excluding carboxylic acids is 2. The van der Waals surface area contributed by atoms with Gasteiger partial charge in [-0.2, -0.15) is 13.2 Å². The molecular formula is C28H25F4N3O2. The summed E-state index contributed by atoms with van der Waals surface area (Å²) in [7, 11) is 0. The van der Waals surface area contributed by atoms with Crippen LogP contribution >= 0.6 is 0 Å². The molecule has 0 spiro atoms. The van der Waals surface area contributed by atoms with Gasteiger partial charge >= 0.3 is 6.18 Å². The summed E-state index contributed by atoms with van der Waals surface area (Å²) >= 11 is 0. The van der Waals surface area contributed by atoms with Crippen LogP contribution in [0.3, 0.4) is 0 Å². The van der Waals surface area contributed by atoms with Crippen LogP contribution in [0.5, 0.6) is 0 Å². The van der Waals surface area contributed by atoms with Crippen LogP contribution in [0.4, 0.5) is 23.2 Å². The van der Waals surface area contributed by atoms with Gasteiger partial charge < -0.3 is 14.7 Å². The number of anilines is 1. The van der Waals surface area contributed by atoms with Gasteiger partial charge in [0.25, 0.3) is 11.8 Å². The molecule has 2 aliphatic heterocycles. The van der Waals surface area contributed by atoms with Gasteiger partial charge in [0, 0.05) is 50.5 Å². The van der Waals surface area contributed by atoms with Gasteiger partial charge in [-0.3, -0.25) is 9.59 Å². The summed E-state index contributed by atoms with van der Waals surface area (Å²) in [6.45, 7) is 2.36. The Labute approximate surface area is 211 Å². The number of benzene rings is 3. The lowest BCUT2D eigenvalue weighted by atomic mass is 10.0. The standard InChI is InChI=1S/C28H25F4N3O2/c29-21-6-9-25(28(30,31)32)24(17-21)27(37)34-14-12-33(13-15-34)22-7-8-23-20(16-22)18-35(26(23)36)11-10-19-4-2-1-3-5-19/h1-9,16-17H,10-15,18H2. The average molecular weight is 512 g/mol. The van der Waals surface area contributed by atoms with Crippen molar-refractivity contribution in [3.63, 3.8) is 0 Å². The van der Waals surface area contributed by atoms with E-state index < -0.39 is 29.0 Å². The van der Waals surface area contributed by atoms with Crippen LogP contribution in [0.2, 0.25) is 0 Å². The smallest absolute Gasteiger partial charge is 0.368 e. The molecule has 3 aromatic rings. The molecule has 0 atom stereocenters. The summed E-state index contributed by atoms with van der Waals surface area (Å²) in [6, 6.07) is 17.6. The van der Waals surface area contributed by atoms with Gasteiger partial charge in [-0.15, -0.1) is 0 Å². The number of carbonyl (C=O) groups is 2. The molecule has 5 nitrogen and oxygen atoms in total. The minimum atomic E-state index is -4.75. The van der Waals surface area contributed by atoms with E-state index in [4.69, 9.17) is 0 Å². The highest BCUT2D eigenvalue weighted by Crippen LogP contribution is 2.33. The molecular weight excluding hydrogens is 486 g/mol. The molecule has 2 amide bonds. The summed E-state index contributed by atoms with van der Waals surface area (Å²) in [4.78, 5) is 30.9. The zero-order chi connectivity index (χ0) is 26.2. The Balaban J connectivity index is 1.23. The van der Waals surface area contributed by atoms with Crippen LogP contribution < -0.4 is 4.90 Å². The number of hydrogen-bond donors (Lipinski definition) is 0. The van der Waals surface area contributed by atoms with E-state index in [0.717, 1.165) is 17.7 Å². The van der Waals surface area contributed by atoms with Crippen molar-refractivity contribution in [1.29, 1.82) is 0 Å². The minimum absolute atomic E-state index is 0.00320. The average Bonchev–Trinajstić information content (AvgIpc) is 3.21. The van der Waals surface area contributed by atoms with Gasteiger partial charge in [0.15, 0.2) is 0 Å². The molecule has 0 aromatic heterocycles. The van der Waals surface area contributed by atoms with E-state index in [1.807, 2.05) is 58.3 Å². The van der Waals surface area contributed by atoms with Crippen LogP contribution in [-0.4, -0.2) is 54.3 Å². The van der Waals surface area contributed by atoms with Crippen LogP contribution in [0.15, 0.2) is 66.7 Å². The van der Waals surface area contributed by atoms with E-state index in [-0.39, 0.29) is 19.0 Å². The normalized spacial score (nSPS) is 15.8. The Bertz CT molecular complexity index is 1320. The monoisotopic (exact) mass is 511 g/mol. The van der Waals surface area contributed by atoms with Crippen molar-refractivity contribution in [2.24, 2.45) is 0 Å². The molecule has 3 aromatic carbocycles. The molecule has 5 rings (SSSR count). The van der Waals surface area contributed by atoms with Crippen molar-refractivity contribution >= 4 is 17.5 Å². The van der Waals surface area contributed by atoms with Crippen LogP contribution in [0.25, 0.3) is 0 Å². The van der Waals surface area contributed by atoms with E-state index in [0.29, 0.717) is 49.9 Å². The summed E-state index contributed by atoms with van der Waals surface area (Å²) in [6.07, 6.45) is -3.98. The zero-order valence-electron chi connectivity index (χ0n) is 20.0. The number of hydrogen-bond acceptors (Lipinski definition) is 3. The molecule has 0 aliphatic carbocycles. The van der Waals surface area contributed by atoms with Gasteiger partial charge in [-0.05, 0) is 53.9 Å². The highest BCUT2D eigenvalue weighted by atomic mass is 19.4. The number of alkyl halides is 3. The summed E-state index contributed by atoms with van der Waals surface area (Å²) < 4.78 is 53.8. The lowest BCUT2D eigenvalue weighted by Crippen LogP contribution is -2.49. The molecule has 1 saturated heterocycles. The Kier molecular flexibility index (Phi) is 6.62. The second kappa shape index (κ2) is 9.88. The van der Waals surface area contributed by atoms with E-state index in [9.17, 15) is 27.2 Å². The maximum atomic E-state index is 13.7. The zero-order valence-corrected chi connectivity index (χ0v) is 20.0. The van der Waals surface area contributed by atoms with Gasteiger partial charge in [-0.25, -0.2) is 4.39 Å². The number of nitrogens with zero attached hydrogens (tertiary/aromatic N) is 3. The highest BCUT2D eigenvalue weighted by Gasteiger charge is 2.37. The van der Waals surface area contributed by atoms with Gasteiger partial charge in [0.05, 0.1) is 11.1 Å². The van der Waals surface area contributed by atoms with Crippen molar-refractivity contribution in [1.82, 2.24) is 9.80 Å². The number of rotatable bonds is 5. The van der Waals surface area contributed by atoms with Gasteiger partial charge in [0.1, 0.15) is 5.82 Å². The van der Waals surface area contributed by atoms with Crippen molar-refractivity contribution < 1.29 is 27.2 Å². The third-order valence-corrected chi connectivity index (χ3v) is 6.93. The molecule has 37 heavy (non-hydrogen) atoms. The first-order chi connectivity index (χ1) is 17.7. The summed E-state index contributed by atoms with van der Waals surface area (Å²) in [5.74, 6) is -1.72. The second-order valence-corrected chi connectivity index (χ2v) is 9.27. The number of fused-ring (bicyclic) bond motifs is 1. The predicted octanol–water partition coefficient (Wildman–Crippen LogP) is 5.01. The Morgan fingerprint density at radius 3 is 2.32 bits per heavy atom. The van der Waals surface area contributed by atoms with Crippen molar-refractivity contribution in [2.75, 3.05) is 37.6 Å². The fourth-order valence-corrected chi connectivity index (χ4v) is 4.93. The Morgan fingerprint density at radius 1 is 0.892 bits per heavy atom. The maximum absolute atomic E-state index is 13.7. The number of piperazine rings is 1. The molecule has 1 fully saturated rings. The molecule has 0 saturated carbocycles. The second-order valence-electron chi connectivity index (χ2n) is 9.27. The first-order valence-electron chi connectivity index (χ1n) is 12.1. The first kappa shape index (κ1) is 24.8. The van der Waals surface area contributed by atoms with Crippen LogP contribution in [0.1, 0.15) is 37.4 Å². The quantitative estimate of drug-likeness (QED) is 0.453. The molecule has 0 N–H and O–H groups in total. The van der Waals surface area contributed by atoms with E-state index in [1.54, 1.807) is 0 Å². The Hall–Kier alpha value is -3.88. The molecule has 0 bridgehead atoms. The molecule has 9 heteroatoms. The molecule has 192 valence electrons. The largest absolute Gasteiger partial charge is 0.417 e. The van der Waals surface area contributed by atoms with Crippen LogP contribution in [0, 0.1) is 5.82 Å². The van der Waals surface area contributed by atoms with Crippen molar-refractivity contribution in [3.05, 3.63) is 100 Å². The van der Waals surface area contributed by atoms with Gasteiger partial charge in [0.2, 0.25) is 0 Å². The fourth-order valence-electron chi connectivity index (χ4n) is 4.93. The third kappa shape index (κ3) is 5.16. The summed E-state index contributed by atoms with van der Waals surface area (Å²) in [5.41, 5.74) is 1.86. The highest BCUT2D eigenvalue weighted by molar-refractivity contribution is 5.99. The molecule has 2 aliphatic rings. The lowest BCUT2D eigenvalue weighted by molar-refractivity contribution is -0.138. The number of amides is 2. The van der Waals surface area contributed by atoms with Crippen molar-refractivity contribution in [2.45, 2.75) is 19.1 Å². The minimum Gasteiger partial charge on any atom is -0.368 e. The number of halogens is 4. The van der Waals surface area contributed by atoms with Gasteiger partial charge in [-0.1, -0.05) is 30.3 Å². The molecule has 0 unspecified atom stereocenters. The summed E-state index contributed by atoms with van der Waals surface area (Å²) in [5, 5.41) is 0. The topological polar surface area (TPSA) is 43.9 Å². The van der Waals surface area contributed by atoms with E-state index >= 15 is 0 Å². The predicted molar refractivity (Wildman–Crippen MR) is 131 cm³/mol. The maximum Gasteiger partial charge on any atom is 0.417 e. The third-order valence-electron chi connectivity index (χ3n) is 6.93. The molecule has 2 heterocycles. The van der Waals surface area contributed by atoms with Crippen molar-refractivity contribution in [3.8, 4) is 0 Å². The lowest BCUT2D eigenvalue weighted by Gasteiger charge is -2.36. The molecule has 0 radical (unpaired) electrons. The van der Waals surface area contributed by atoms with Crippen LogP contribution in [-0.2, 0) is 19.1 Å². The fraction of sp³-hybridized carbons (Fsp3) is 0.286. The first-order valence-corrected chi connectivity index (χ1v) is 12.1. The SMILES string of the molecule is O=C1c2ccc(N3CCN(C(=O)c4cc(F)ccc4C(F)(F)F)CC3)cc2CN1CCc1ccccc1.